The fraction of sp³-hybridized carbons (Fsp3) is 0.211. The molecule has 1 unspecified atom stereocenters. The monoisotopic (exact) mass is 429 g/mol. The summed E-state index contributed by atoms with van der Waals surface area (Å²) in [6.45, 7) is -0.263. The number of nitro benzene ring substituents is 1. The van der Waals surface area contributed by atoms with Crippen LogP contribution in [0.5, 0.6) is 11.5 Å². The SMILES string of the molecule is COC(=O)Cn1c(=NC(=O)C2COc3ccccc3O2)sc2ccc([N+](=O)[O-])cc21. The third kappa shape index (κ3) is 3.74. The number of ether oxygens (including phenoxy) is 3. The fourth-order valence-corrected chi connectivity index (χ4v) is 3.93. The molecule has 30 heavy (non-hydrogen) atoms. The molecule has 0 bridgehead atoms. The Morgan fingerprint density at radius 2 is 2.07 bits per heavy atom. The van der Waals surface area contributed by atoms with E-state index in [1.807, 2.05) is 0 Å². The molecule has 0 spiro atoms. The summed E-state index contributed by atoms with van der Waals surface area (Å²) in [7, 11) is 1.23. The van der Waals surface area contributed by atoms with Crippen molar-refractivity contribution in [1.29, 1.82) is 0 Å². The van der Waals surface area contributed by atoms with Gasteiger partial charge < -0.3 is 18.8 Å². The molecule has 1 amide bonds. The molecule has 1 aromatic heterocycles. The van der Waals surface area contributed by atoms with Crippen LogP contribution in [0.4, 0.5) is 5.69 Å². The molecule has 1 atom stereocenters. The number of carbonyl (C=O) groups is 2. The molecule has 154 valence electrons. The van der Waals surface area contributed by atoms with Crippen LogP contribution in [0.2, 0.25) is 0 Å². The van der Waals surface area contributed by atoms with E-state index in [1.165, 1.54) is 23.8 Å². The largest absolute Gasteiger partial charge is 0.485 e. The zero-order valence-electron chi connectivity index (χ0n) is 15.6. The second-order valence-corrected chi connectivity index (χ2v) is 7.28. The van der Waals surface area contributed by atoms with Crippen molar-refractivity contribution >= 4 is 39.1 Å². The minimum atomic E-state index is -0.953. The number of hydrogen-bond donors (Lipinski definition) is 0. The van der Waals surface area contributed by atoms with Crippen LogP contribution in [0.3, 0.4) is 0 Å². The summed E-state index contributed by atoms with van der Waals surface area (Å²) in [5.41, 5.74) is 0.259. The molecule has 2 aromatic carbocycles. The van der Waals surface area contributed by atoms with Crippen molar-refractivity contribution in [2.45, 2.75) is 12.6 Å². The quantitative estimate of drug-likeness (QED) is 0.353. The van der Waals surface area contributed by atoms with Gasteiger partial charge in [-0.3, -0.25) is 19.7 Å². The van der Waals surface area contributed by atoms with Crippen LogP contribution in [-0.4, -0.2) is 41.2 Å². The lowest BCUT2D eigenvalue weighted by Gasteiger charge is -2.23. The first kappa shape index (κ1) is 19.6. The summed E-state index contributed by atoms with van der Waals surface area (Å²) >= 11 is 1.12. The Bertz CT molecular complexity index is 1230. The maximum atomic E-state index is 12.7. The number of methoxy groups -OCH3 is 1. The van der Waals surface area contributed by atoms with Crippen molar-refractivity contribution in [2.75, 3.05) is 13.7 Å². The van der Waals surface area contributed by atoms with Gasteiger partial charge in [0, 0.05) is 12.1 Å². The summed E-state index contributed by atoms with van der Waals surface area (Å²) in [6.07, 6.45) is -0.953. The first-order chi connectivity index (χ1) is 14.5. The highest BCUT2D eigenvalue weighted by molar-refractivity contribution is 7.16. The Balaban J connectivity index is 1.74. The van der Waals surface area contributed by atoms with Crippen molar-refractivity contribution in [3.63, 3.8) is 0 Å². The van der Waals surface area contributed by atoms with Gasteiger partial charge in [0.15, 0.2) is 16.3 Å². The van der Waals surface area contributed by atoms with E-state index < -0.39 is 22.9 Å². The van der Waals surface area contributed by atoms with Crippen LogP contribution in [0.1, 0.15) is 0 Å². The van der Waals surface area contributed by atoms with Gasteiger partial charge in [-0.1, -0.05) is 23.5 Å². The highest BCUT2D eigenvalue weighted by Crippen LogP contribution is 2.31. The predicted octanol–water partition coefficient (Wildman–Crippen LogP) is 2.05. The van der Waals surface area contributed by atoms with Gasteiger partial charge in [-0.25, -0.2) is 0 Å². The third-order valence-corrected chi connectivity index (χ3v) is 5.44. The highest BCUT2D eigenvalue weighted by Gasteiger charge is 2.27. The first-order valence-corrected chi connectivity index (χ1v) is 9.59. The summed E-state index contributed by atoms with van der Waals surface area (Å²) in [5, 5.41) is 11.1. The van der Waals surface area contributed by atoms with Gasteiger partial charge in [0.25, 0.3) is 11.6 Å². The van der Waals surface area contributed by atoms with Crippen molar-refractivity contribution < 1.29 is 28.7 Å². The van der Waals surface area contributed by atoms with E-state index in [0.717, 1.165) is 11.3 Å². The fourth-order valence-electron chi connectivity index (χ4n) is 2.91. The number of amides is 1. The van der Waals surface area contributed by atoms with Gasteiger partial charge in [-0.15, -0.1) is 0 Å². The van der Waals surface area contributed by atoms with Gasteiger partial charge in [0.1, 0.15) is 13.2 Å². The Morgan fingerprint density at radius 3 is 2.80 bits per heavy atom. The number of rotatable bonds is 4. The summed E-state index contributed by atoms with van der Waals surface area (Å²) < 4.78 is 18.0. The number of para-hydroxylation sites is 2. The van der Waals surface area contributed by atoms with Crippen LogP contribution in [-0.2, 0) is 20.9 Å². The summed E-state index contributed by atoms with van der Waals surface area (Å²) in [4.78, 5) is 39.5. The van der Waals surface area contributed by atoms with Crippen molar-refractivity contribution in [1.82, 2.24) is 4.57 Å². The standard InChI is InChI=1S/C19H15N3O7S/c1-27-17(23)9-21-12-8-11(22(25)26)6-7-16(12)30-19(21)20-18(24)15-10-28-13-4-2-3-5-14(13)29-15/h2-8,15H,9-10H2,1H3. The van der Waals surface area contributed by atoms with Gasteiger partial charge in [-0.05, 0) is 18.2 Å². The van der Waals surface area contributed by atoms with Crippen LogP contribution >= 0.6 is 11.3 Å². The van der Waals surface area contributed by atoms with E-state index in [4.69, 9.17) is 14.2 Å². The molecule has 4 rings (SSSR count). The Labute approximate surface area is 173 Å². The second-order valence-electron chi connectivity index (χ2n) is 6.27. The molecule has 0 N–H and O–H groups in total. The van der Waals surface area contributed by atoms with E-state index in [9.17, 15) is 19.7 Å². The number of thiazole rings is 1. The van der Waals surface area contributed by atoms with Crippen molar-refractivity contribution in [2.24, 2.45) is 4.99 Å². The van der Waals surface area contributed by atoms with Crippen molar-refractivity contribution in [3.8, 4) is 11.5 Å². The maximum absolute atomic E-state index is 12.7. The molecule has 0 radical (unpaired) electrons. The zero-order valence-corrected chi connectivity index (χ0v) is 16.5. The number of fused-ring (bicyclic) bond motifs is 2. The summed E-state index contributed by atoms with van der Waals surface area (Å²) in [6, 6.07) is 11.2. The lowest BCUT2D eigenvalue weighted by atomic mass is 10.2. The molecular weight excluding hydrogens is 414 g/mol. The predicted molar refractivity (Wildman–Crippen MR) is 105 cm³/mol. The molecule has 0 aliphatic carbocycles. The normalized spacial score (nSPS) is 15.8. The number of aromatic nitrogens is 1. The molecule has 1 aliphatic rings. The molecule has 0 fully saturated rings. The van der Waals surface area contributed by atoms with Gasteiger partial charge in [0.2, 0.25) is 6.10 Å². The number of esters is 1. The molecule has 1 aliphatic heterocycles. The van der Waals surface area contributed by atoms with Crippen LogP contribution in [0.25, 0.3) is 10.2 Å². The van der Waals surface area contributed by atoms with Crippen molar-refractivity contribution in [3.05, 3.63) is 57.4 Å². The average Bonchev–Trinajstić information content (AvgIpc) is 3.09. The van der Waals surface area contributed by atoms with E-state index in [-0.39, 0.29) is 23.6 Å². The Morgan fingerprint density at radius 1 is 1.30 bits per heavy atom. The number of nitrogens with zero attached hydrogens (tertiary/aromatic N) is 3. The Hall–Kier alpha value is -3.73. The van der Waals surface area contributed by atoms with Crippen LogP contribution in [0.15, 0.2) is 47.5 Å². The molecule has 0 saturated heterocycles. The number of hydrogen-bond acceptors (Lipinski definition) is 8. The van der Waals surface area contributed by atoms with E-state index in [1.54, 1.807) is 30.3 Å². The van der Waals surface area contributed by atoms with Crippen LogP contribution in [0, 0.1) is 10.1 Å². The molecule has 11 heteroatoms. The van der Waals surface area contributed by atoms with Gasteiger partial charge in [0.05, 0.1) is 22.2 Å². The highest BCUT2D eigenvalue weighted by atomic mass is 32.1. The lowest BCUT2D eigenvalue weighted by molar-refractivity contribution is -0.384. The Kier molecular flexibility index (Phi) is 5.19. The summed E-state index contributed by atoms with van der Waals surface area (Å²) in [5.74, 6) is -0.200. The molecular formula is C19H15N3O7S. The molecule has 3 aromatic rings. The molecule has 10 nitrogen and oxygen atoms in total. The topological polar surface area (TPSA) is 122 Å². The lowest BCUT2D eigenvalue weighted by Crippen LogP contribution is -2.37. The number of nitro groups is 1. The minimum absolute atomic E-state index is 0.00723. The third-order valence-electron chi connectivity index (χ3n) is 4.38. The first-order valence-electron chi connectivity index (χ1n) is 8.78. The number of non-ortho nitro benzene ring substituents is 1. The minimum Gasteiger partial charge on any atom is -0.485 e. The van der Waals surface area contributed by atoms with Gasteiger partial charge >= 0.3 is 5.97 Å². The smallest absolute Gasteiger partial charge is 0.325 e. The average molecular weight is 429 g/mol. The van der Waals surface area contributed by atoms with E-state index in [0.29, 0.717) is 21.7 Å². The van der Waals surface area contributed by atoms with E-state index >= 15 is 0 Å². The van der Waals surface area contributed by atoms with Crippen LogP contribution < -0.4 is 14.3 Å². The second kappa shape index (κ2) is 7.95. The number of carbonyl (C=O) groups excluding carboxylic acids is 2. The number of benzene rings is 2. The van der Waals surface area contributed by atoms with E-state index in [2.05, 4.69) is 4.99 Å². The molecule has 0 saturated carbocycles. The maximum Gasteiger partial charge on any atom is 0.325 e. The van der Waals surface area contributed by atoms with Gasteiger partial charge in [-0.2, -0.15) is 4.99 Å². The molecule has 2 heterocycles. The zero-order chi connectivity index (χ0) is 21.3.